The van der Waals surface area contributed by atoms with Gasteiger partial charge in [0.05, 0.1) is 10.4 Å². The van der Waals surface area contributed by atoms with Gasteiger partial charge in [0.15, 0.2) is 0 Å². The van der Waals surface area contributed by atoms with Gasteiger partial charge in [0.1, 0.15) is 0 Å². The third-order valence-corrected chi connectivity index (χ3v) is 5.82. The highest BCUT2D eigenvalue weighted by Gasteiger charge is 2.42. The van der Waals surface area contributed by atoms with E-state index in [2.05, 4.69) is 12.2 Å². The summed E-state index contributed by atoms with van der Waals surface area (Å²) in [5.74, 6) is 1.43. The molecular weight excluding hydrogens is 268 g/mol. The van der Waals surface area contributed by atoms with Crippen LogP contribution in [-0.4, -0.2) is 17.4 Å². The number of rotatable bonds is 4. The summed E-state index contributed by atoms with van der Waals surface area (Å²) in [4.78, 5) is 13.0. The van der Waals surface area contributed by atoms with Gasteiger partial charge in [-0.15, -0.1) is 0 Å². The smallest absolute Gasteiger partial charge is 0.233 e. The Bertz CT molecular complexity index is 363. The Morgan fingerprint density at radius 1 is 1.20 bits per heavy atom. The van der Waals surface area contributed by atoms with Gasteiger partial charge in [-0.05, 0) is 31.1 Å². The molecule has 2 atom stereocenters. The van der Waals surface area contributed by atoms with Crippen LogP contribution in [-0.2, 0) is 4.79 Å². The molecule has 0 radical (unpaired) electrons. The Morgan fingerprint density at radius 2 is 1.85 bits per heavy atom. The van der Waals surface area contributed by atoms with Gasteiger partial charge < -0.3 is 11.1 Å². The number of carbonyl (C=O) groups excluding carboxylic acids is 1. The van der Waals surface area contributed by atoms with E-state index in [0.29, 0.717) is 10.9 Å². The second-order valence-corrected chi connectivity index (χ2v) is 7.18. The van der Waals surface area contributed by atoms with Crippen molar-refractivity contribution in [2.24, 2.45) is 23.0 Å². The fourth-order valence-corrected chi connectivity index (χ4v) is 4.13. The van der Waals surface area contributed by atoms with Crippen molar-refractivity contribution in [2.45, 2.75) is 64.7 Å². The summed E-state index contributed by atoms with van der Waals surface area (Å²) >= 11 is 5.21. The number of hydrogen-bond donors (Lipinski definition) is 2. The van der Waals surface area contributed by atoms with Gasteiger partial charge in [-0.2, -0.15) is 0 Å². The quantitative estimate of drug-likeness (QED) is 0.784. The van der Waals surface area contributed by atoms with Crippen LogP contribution >= 0.6 is 12.2 Å². The van der Waals surface area contributed by atoms with Crippen LogP contribution in [0.2, 0.25) is 0 Å². The molecular formula is C16H28N2OS. The molecule has 2 unspecified atom stereocenters. The topological polar surface area (TPSA) is 55.1 Å². The van der Waals surface area contributed by atoms with Gasteiger partial charge in [0.2, 0.25) is 5.91 Å². The van der Waals surface area contributed by atoms with E-state index >= 15 is 0 Å². The molecule has 114 valence electrons. The summed E-state index contributed by atoms with van der Waals surface area (Å²) in [6, 6.07) is 0. The first-order valence-corrected chi connectivity index (χ1v) is 8.55. The SMILES string of the molecule is CC1CCCCC1CNC(=O)C1(C(N)=S)CCCCC1. The lowest BCUT2D eigenvalue weighted by molar-refractivity contribution is -0.129. The number of nitrogens with two attached hydrogens (primary N) is 1. The normalized spacial score (nSPS) is 29.6. The summed E-state index contributed by atoms with van der Waals surface area (Å²) in [5.41, 5.74) is 5.35. The van der Waals surface area contributed by atoms with E-state index in [1.54, 1.807) is 0 Å². The van der Waals surface area contributed by atoms with Crippen molar-refractivity contribution in [1.82, 2.24) is 5.32 Å². The fraction of sp³-hybridized carbons (Fsp3) is 0.875. The van der Waals surface area contributed by atoms with E-state index in [1.807, 2.05) is 0 Å². The molecule has 2 fully saturated rings. The van der Waals surface area contributed by atoms with Crippen molar-refractivity contribution in [1.29, 1.82) is 0 Å². The first kappa shape index (κ1) is 15.7. The lowest BCUT2D eigenvalue weighted by Gasteiger charge is -2.36. The Balaban J connectivity index is 1.93. The molecule has 0 aliphatic heterocycles. The van der Waals surface area contributed by atoms with Gasteiger partial charge in [-0.1, -0.05) is 57.7 Å². The molecule has 1 amide bonds. The fourth-order valence-electron chi connectivity index (χ4n) is 3.83. The molecule has 0 aromatic rings. The highest BCUT2D eigenvalue weighted by atomic mass is 32.1. The largest absolute Gasteiger partial charge is 0.392 e. The van der Waals surface area contributed by atoms with Crippen LogP contribution in [0.3, 0.4) is 0 Å². The lowest BCUT2D eigenvalue weighted by atomic mass is 9.73. The van der Waals surface area contributed by atoms with Gasteiger partial charge >= 0.3 is 0 Å². The summed E-state index contributed by atoms with van der Waals surface area (Å²) in [7, 11) is 0. The Kier molecular flexibility index (Phi) is 5.42. The predicted octanol–water partition coefficient (Wildman–Crippen LogP) is 3.17. The highest BCUT2D eigenvalue weighted by Crippen LogP contribution is 2.37. The molecule has 2 aliphatic carbocycles. The Hall–Kier alpha value is -0.640. The van der Waals surface area contributed by atoms with Crippen molar-refractivity contribution in [2.75, 3.05) is 6.54 Å². The second-order valence-electron chi connectivity index (χ2n) is 6.74. The molecule has 2 aliphatic rings. The Labute approximate surface area is 128 Å². The third kappa shape index (κ3) is 3.33. The van der Waals surface area contributed by atoms with Gasteiger partial charge in [0, 0.05) is 6.54 Å². The summed E-state index contributed by atoms with van der Waals surface area (Å²) in [6.45, 7) is 3.10. The van der Waals surface area contributed by atoms with Crippen molar-refractivity contribution in [3.05, 3.63) is 0 Å². The second kappa shape index (κ2) is 6.88. The van der Waals surface area contributed by atoms with Crippen molar-refractivity contribution < 1.29 is 4.79 Å². The molecule has 3 N–H and O–H groups in total. The molecule has 0 saturated heterocycles. The van der Waals surface area contributed by atoms with E-state index in [-0.39, 0.29) is 5.91 Å². The van der Waals surface area contributed by atoms with Gasteiger partial charge in [-0.25, -0.2) is 0 Å². The number of hydrogen-bond acceptors (Lipinski definition) is 2. The standard InChI is InChI=1S/C16H28N2OS/c1-12-7-3-4-8-13(12)11-18-15(19)16(14(17)20)9-5-2-6-10-16/h12-13H,2-11H2,1H3,(H2,17,20)(H,18,19). The number of nitrogens with one attached hydrogen (secondary N) is 1. The van der Waals surface area contributed by atoms with Crippen LogP contribution in [0.5, 0.6) is 0 Å². The predicted molar refractivity (Wildman–Crippen MR) is 86.4 cm³/mol. The van der Waals surface area contributed by atoms with E-state index < -0.39 is 5.41 Å². The molecule has 3 nitrogen and oxygen atoms in total. The van der Waals surface area contributed by atoms with Gasteiger partial charge in [-0.3, -0.25) is 4.79 Å². The average molecular weight is 296 g/mol. The number of amides is 1. The minimum Gasteiger partial charge on any atom is -0.392 e. The maximum atomic E-state index is 12.6. The maximum absolute atomic E-state index is 12.6. The van der Waals surface area contributed by atoms with Crippen molar-refractivity contribution >= 4 is 23.1 Å². The van der Waals surface area contributed by atoms with Gasteiger partial charge in [0.25, 0.3) is 0 Å². The summed E-state index contributed by atoms with van der Waals surface area (Å²) in [5, 5.41) is 3.17. The highest BCUT2D eigenvalue weighted by molar-refractivity contribution is 7.80. The third-order valence-electron chi connectivity index (χ3n) is 5.43. The minimum atomic E-state index is -0.564. The number of carbonyl (C=O) groups is 1. The molecule has 0 aromatic carbocycles. The number of thiocarbonyl (C=S) groups is 1. The molecule has 20 heavy (non-hydrogen) atoms. The van der Waals surface area contributed by atoms with E-state index in [9.17, 15) is 4.79 Å². The van der Waals surface area contributed by atoms with Crippen LogP contribution < -0.4 is 11.1 Å². The van der Waals surface area contributed by atoms with Crippen LogP contribution in [0.15, 0.2) is 0 Å². The average Bonchev–Trinajstić information content (AvgIpc) is 2.46. The summed E-state index contributed by atoms with van der Waals surface area (Å²) < 4.78 is 0. The lowest BCUT2D eigenvalue weighted by Crippen LogP contribution is -2.51. The van der Waals surface area contributed by atoms with Crippen LogP contribution in [0.1, 0.15) is 64.7 Å². The zero-order valence-corrected chi connectivity index (χ0v) is 13.4. The zero-order chi connectivity index (χ0) is 14.6. The molecule has 2 rings (SSSR count). The molecule has 0 spiro atoms. The van der Waals surface area contributed by atoms with Crippen molar-refractivity contribution in [3.8, 4) is 0 Å². The van der Waals surface area contributed by atoms with Crippen molar-refractivity contribution in [3.63, 3.8) is 0 Å². The monoisotopic (exact) mass is 296 g/mol. The minimum absolute atomic E-state index is 0.0856. The zero-order valence-electron chi connectivity index (χ0n) is 12.6. The van der Waals surface area contributed by atoms with Crippen LogP contribution in [0.25, 0.3) is 0 Å². The van der Waals surface area contributed by atoms with E-state index in [4.69, 9.17) is 18.0 Å². The molecule has 0 aromatic heterocycles. The molecule has 0 bridgehead atoms. The maximum Gasteiger partial charge on any atom is 0.233 e. The first-order valence-electron chi connectivity index (χ1n) is 8.14. The molecule has 4 heteroatoms. The molecule has 0 heterocycles. The van der Waals surface area contributed by atoms with Crippen LogP contribution in [0.4, 0.5) is 0 Å². The van der Waals surface area contributed by atoms with E-state index in [1.165, 1.54) is 32.1 Å². The Morgan fingerprint density at radius 3 is 2.45 bits per heavy atom. The molecule has 2 saturated carbocycles. The first-order chi connectivity index (χ1) is 9.56. The van der Waals surface area contributed by atoms with E-state index in [0.717, 1.165) is 38.1 Å². The van der Waals surface area contributed by atoms with Crippen LogP contribution in [0, 0.1) is 17.3 Å². The summed E-state index contributed by atoms with van der Waals surface area (Å²) in [6.07, 6.45) is 10.1.